The molecule has 5 rings (SSSR count). The van der Waals surface area contributed by atoms with Crippen LogP contribution in [0.5, 0.6) is 5.75 Å². The third-order valence-corrected chi connectivity index (χ3v) is 7.97. The summed E-state index contributed by atoms with van der Waals surface area (Å²) in [7, 11) is 1.67. The van der Waals surface area contributed by atoms with Gasteiger partial charge in [-0.1, -0.05) is 75.2 Å². The molecule has 2 aliphatic rings. The monoisotopic (exact) mass is 469 g/mol. The van der Waals surface area contributed by atoms with E-state index in [4.69, 9.17) is 9.84 Å². The van der Waals surface area contributed by atoms with Crippen LogP contribution in [-0.4, -0.2) is 36.3 Å². The van der Waals surface area contributed by atoms with Crippen LogP contribution in [-0.2, 0) is 4.79 Å². The second-order valence-corrected chi connectivity index (χ2v) is 10.1. The Balaban J connectivity index is 1.40. The van der Waals surface area contributed by atoms with Crippen LogP contribution in [0.15, 0.2) is 71.8 Å². The van der Waals surface area contributed by atoms with E-state index in [0.29, 0.717) is 30.8 Å². The highest BCUT2D eigenvalue weighted by molar-refractivity contribution is 6.05. The van der Waals surface area contributed by atoms with E-state index in [2.05, 4.69) is 61.6 Å². The van der Waals surface area contributed by atoms with Gasteiger partial charge < -0.3 is 10.1 Å². The fraction of sp³-hybridized carbons (Fsp3) is 0.400. The molecule has 1 saturated carbocycles. The number of rotatable bonds is 6. The fourth-order valence-corrected chi connectivity index (χ4v) is 5.54. The first kappa shape index (κ1) is 23.6. The number of carbonyl (C=O) groups excluding carboxylic acids is 1. The first-order valence-electron chi connectivity index (χ1n) is 12.8. The van der Waals surface area contributed by atoms with Gasteiger partial charge in [-0.15, -0.1) is 0 Å². The highest BCUT2D eigenvalue weighted by Crippen LogP contribution is 2.34. The maximum atomic E-state index is 13.5. The molecule has 0 aromatic heterocycles. The average molecular weight is 470 g/mol. The molecule has 1 aliphatic heterocycles. The summed E-state index contributed by atoms with van der Waals surface area (Å²) < 4.78 is 5.34. The Kier molecular flexibility index (Phi) is 6.87. The summed E-state index contributed by atoms with van der Waals surface area (Å²) in [6, 6.07) is 23.0. The van der Waals surface area contributed by atoms with Crippen molar-refractivity contribution in [3.63, 3.8) is 0 Å². The van der Waals surface area contributed by atoms with Gasteiger partial charge in [0.1, 0.15) is 5.75 Å². The standard InChI is InChI=1S/C30H35N3O2/c1-20-7-6-10-27(21(20)2)31-19-30(34)33-29(23-13-15-26(35-3)16-14-23)18-28(32-33)25-12-11-22-8-4-5-9-24(22)17-25/h4-5,8-9,11-17,20-21,27,29,31H,6-7,10,18-19H2,1-3H3/t20-,21-,27+,29+/m1/s1. The van der Waals surface area contributed by atoms with Crippen LogP contribution in [0.3, 0.4) is 0 Å². The number of methoxy groups -OCH3 is 1. The molecule has 0 bridgehead atoms. The fourth-order valence-electron chi connectivity index (χ4n) is 5.54. The molecule has 0 spiro atoms. The van der Waals surface area contributed by atoms with Crippen LogP contribution in [0, 0.1) is 11.8 Å². The van der Waals surface area contributed by atoms with E-state index in [9.17, 15) is 4.79 Å². The van der Waals surface area contributed by atoms with Crippen LogP contribution >= 0.6 is 0 Å². The Bertz CT molecular complexity index is 1220. The highest BCUT2D eigenvalue weighted by Gasteiger charge is 2.34. The molecule has 5 heteroatoms. The van der Waals surface area contributed by atoms with Gasteiger partial charge in [0.05, 0.1) is 25.4 Å². The SMILES string of the molecule is COc1ccc([C@@H]2CC(c3ccc4ccccc4c3)=NN2C(=O)CN[C@H]2CCC[C@@H](C)[C@H]2C)cc1. The van der Waals surface area contributed by atoms with Gasteiger partial charge in [0, 0.05) is 12.5 Å². The van der Waals surface area contributed by atoms with Crippen molar-refractivity contribution in [1.82, 2.24) is 10.3 Å². The van der Waals surface area contributed by atoms with Crippen molar-refractivity contribution in [2.24, 2.45) is 16.9 Å². The zero-order chi connectivity index (χ0) is 24.4. The molecular weight excluding hydrogens is 434 g/mol. The first-order chi connectivity index (χ1) is 17.0. The lowest BCUT2D eigenvalue weighted by Gasteiger charge is -2.35. The minimum atomic E-state index is -0.126. The maximum absolute atomic E-state index is 13.5. The van der Waals surface area contributed by atoms with Gasteiger partial charge in [-0.25, -0.2) is 5.01 Å². The summed E-state index contributed by atoms with van der Waals surface area (Å²) in [4.78, 5) is 13.5. The van der Waals surface area contributed by atoms with E-state index in [1.807, 2.05) is 24.3 Å². The Morgan fingerprint density at radius 1 is 1.03 bits per heavy atom. The summed E-state index contributed by atoms with van der Waals surface area (Å²) >= 11 is 0. The number of amides is 1. The molecule has 4 atom stereocenters. The molecular formula is C30H35N3O2. The van der Waals surface area contributed by atoms with Gasteiger partial charge in [-0.3, -0.25) is 4.79 Å². The van der Waals surface area contributed by atoms with Gasteiger partial charge in [0.2, 0.25) is 0 Å². The molecule has 3 aromatic rings. The number of hydrogen-bond acceptors (Lipinski definition) is 4. The molecule has 0 radical (unpaired) electrons. The molecule has 1 fully saturated rings. The highest BCUT2D eigenvalue weighted by atomic mass is 16.5. The Hall–Kier alpha value is -3.18. The van der Waals surface area contributed by atoms with E-state index >= 15 is 0 Å². The zero-order valence-electron chi connectivity index (χ0n) is 20.9. The minimum Gasteiger partial charge on any atom is -0.497 e. The smallest absolute Gasteiger partial charge is 0.257 e. The minimum absolute atomic E-state index is 0.0204. The number of hydrogen-bond donors (Lipinski definition) is 1. The number of nitrogens with zero attached hydrogens (tertiary/aromatic N) is 2. The second kappa shape index (κ2) is 10.2. The Morgan fingerprint density at radius 2 is 1.80 bits per heavy atom. The van der Waals surface area contributed by atoms with Crippen molar-refractivity contribution in [3.8, 4) is 5.75 Å². The molecule has 182 valence electrons. The van der Waals surface area contributed by atoms with Crippen LogP contribution < -0.4 is 10.1 Å². The Labute approximate surface area is 208 Å². The van der Waals surface area contributed by atoms with Crippen LogP contribution in [0.2, 0.25) is 0 Å². The van der Waals surface area contributed by atoms with E-state index in [1.54, 1.807) is 12.1 Å². The van der Waals surface area contributed by atoms with Crippen LogP contribution in [0.4, 0.5) is 0 Å². The molecule has 1 amide bonds. The number of fused-ring (bicyclic) bond motifs is 1. The number of benzene rings is 3. The predicted octanol–water partition coefficient (Wildman–Crippen LogP) is 5.94. The van der Waals surface area contributed by atoms with Crippen molar-refractivity contribution >= 4 is 22.4 Å². The largest absolute Gasteiger partial charge is 0.497 e. The molecule has 1 heterocycles. The maximum Gasteiger partial charge on any atom is 0.257 e. The van der Waals surface area contributed by atoms with Crippen molar-refractivity contribution < 1.29 is 9.53 Å². The van der Waals surface area contributed by atoms with Crippen LogP contribution in [0.1, 0.15) is 56.7 Å². The van der Waals surface area contributed by atoms with Crippen molar-refractivity contribution in [2.75, 3.05) is 13.7 Å². The first-order valence-corrected chi connectivity index (χ1v) is 12.8. The summed E-state index contributed by atoms with van der Waals surface area (Å²) in [6.45, 7) is 4.93. The number of carbonyl (C=O) groups is 1. The quantitative estimate of drug-likeness (QED) is 0.486. The molecule has 1 aliphatic carbocycles. The van der Waals surface area contributed by atoms with E-state index < -0.39 is 0 Å². The van der Waals surface area contributed by atoms with Gasteiger partial charge in [-0.05, 0) is 58.4 Å². The molecule has 0 saturated heterocycles. The molecule has 5 nitrogen and oxygen atoms in total. The van der Waals surface area contributed by atoms with Gasteiger partial charge in [0.15, 0.2) is 0 Å². The lowest BCUT2D eigenvalue weighted by molar-refractivity contribution is -0.132. The van der Waals surface area contributed by atoms with Gasteiger partial charge in [0.25, 0.3) is 5.91 Å². The molecule has 1 N–H and O–H groups in total. The molecule has 3 aromatic carbocycles. The predicted molar refractivity (Wildman–Crippen MR) is 142 cm³/mol. The zero-order valence-corrected chi connectivity index (χ0v) is 20.9. The van der Waals surface area contributed by atoms with E-state index in [0.717, 1.165) is 29.0 Å². The average Bonchev–Trinajstić information content (AvgIpc) is 3.35. The van der Waals surface area contributed by atoms with Crippen LogP contribution in [0.25, 0.3) is 10.8 Å². The van der Waals surface area contributed by atoms with Crippen molar-refractivity contribution in [2.45, 2.75) is 51.6 Å². The lowest BCUT2D eigenvalue weighted by Crippen LogP contribution is -2.45. The molecule has 0 unspecified atom stereocenters. The lowest BCUT2D eigenvalue weighted by atomic mass is 9.78. The van der Waals surface area contributed by atoms with E-state index in [-0.39, 0.29) is 11.9 Å². The number of ether oxygens (including phenoxy) is 1. The summed E-state index contributed by atoms with van der Waals surface area (Å²) in [6.07, 6.45) is 4.32. The van der Waals surface area contributed by atoms with Gasteiger partial charge in [-0.2, -0.15) is 5.10 Å². The Morgan fingerprint density at radius 3 is 2.57 bits per heavy atom. The van der Waals surface area contributed by atoms with Crippen molar-refractivity contribution in [1.29, 1.82) is 0 Å². The summed E-state index contributed by atoms with van der Waals surface area (Å²) in [5.74, 6) is 2.09. The van der Waals surface area contributed by atoms with E-state index in [1.165, 1.54) is 23.6 Å². The van der Waals surface area contributed by atoms with Gasteiger partial charge >= 0.3 is 0 Å². The topological polar surface area (TPSA) is 53.9 Å². The second-order valence-electron chi connectivity index (χ2n) is 10.1. The normalized spacial score (nSPS) is 24.4. The summed E-state index contributed by atoms with van der Waals surface area (Å²) in [5, 5.41) is 12.5. The third-order valence-electron chi connectivity index (χ3n) is 7.97. The number of nitrogens with one attached hydrogen (secondary N) is 1. The third kappa shape index (κ3) is 4.96. The van der Waals surface area contributed by atoms with Crippen molar-refractivity contribution in [3.05, 3.63) is 77.9 Å². The summed E-state index contributed by atoms with van der Waals surface area (Å²) in [5.41, 5.74) is 3.09. The molecule has 35 heavy (non-hydrogen) atoms. The number of hydrazone groups is 1.